The van der Waals surface area contributed by atoms with E-state index in [4.69, 9.17) is 4.74 Å². The second kappa shape index (κ2) is 6.49. The van der Waals surface area contributed by atoms with Crippen molar-refractivity contribution >= 4 is 16.8 Å². The maximum absolute atomic E-state index is 12.3. The third-order valence-electron chi connectivity index (χ3n) is 3.50. The Morgan fingerprint density at radius 2 is 2.14 bits per heavy atom. The van der Waals surface area contributed by atoms with Gasteiger partial charge in [-0.05, 0) is 19.1 Å². The third-order valence-corrected chi connectivity index (χ3v) is 3.50. The van der Waals surface area contributed by atoms with Gasteiger partial charge in [0.2, 0.25) is 5.91 Å². The fourth-order valence-electron chi connectivity index (χ4n) is 2.07. The number of fused-ring (bicyclic) bond motifs is 1. The molecule has 0 aliphatic rings. The number of carbonyl (C=O) groups is 1. The summed E-state index contributed by atoms with van der Waals surface area (Å²) in [5.74, 6) is -0.154. The highest BCUT2D eigenvalue weighted by Crippen LogP contribution is 2.05. The van der Waals surface area contributed by atoms with Gasteiger partial charge in [0.15, 0.2) is 0 Å². The lowest BCUT2D eigenvalue weighted by Crippen LogP contribution is -2.41. The van der Waals surface area contributed by atoms with Crippen LogP contribution in [0, 0.1) is 0 Å². The second-order valence-corrected chi connectivity index (χ2v) is 5.00. The summed E-state index contributed by atoms with van der Waals surface area (Å²) in [7, 11) is 3.29. The van der Waals surface area contributed by atoms with E-state index < -0.39 is 0 Å². The highest BCUT2D eigenvalue weighted by molar-refractivity contribution is 5.79. The molecule has 0 aliphatic carbocycles. The van der Waals surface area contributed by atoms with Crippen LogP contribution in [-0.4, -0.2) is 47.2 Å². The maximum Gasteiger partial charge on any atom is 0.261 e. The van der Waals surface area contributed by atoms with E-state index >= 15 is 0 Å². The number of likely N-dealkylation sites (N-methyl/N-ethyl adjacent to an activating group) is 1. The number of benzene rings is 1. The van der Waals surface area contributed by atoms with Gasteiger partial charge in [0.1, 0.15) is 6.54 Å². The van der Waals surface area contributed by atoms with Crippen molar-refractivity contribution in [1.29, 1.82) is 0 Å². The Hall–Kier alpha value is -2.21. The Morgan fingerprint density at radius 1 is 1.43 bits per heavy atom. The first-order chi connectivity index (χ1) is 10.0. The number of nitrogens with zero attached hydrogens (tertiary/aromatic N) is 3. The molecular weight excluding hydrogens is 270 g/mol. The summed E-state index contributed by atoms with van der Waals surface area (Å²) in [6, 6.07) is 7.04. The number of aromatic nitrogens is 2. The lowest BCUT2D eigenvalue weighted by molar-refractivity contribution is -0.133. The molecule has 2 aromatic rings. The zero-order valence-corrected chi connectivity index (χ0v) is 12.4. The summed E-state index contributed by atoms with van der Waals surface area (Å²) < 4.78 is 6.37. The van der Waals surface area contributed by atoms with Crippen molar-refractivity contribution in [2.24, 2.45) is 0 Å². The second-order valence-electron chi connectivity index (χ2n) is 5.00. The van der Waals surface area contributed by atoms with Gasteiger partial charge in [-0.25, -0.2) is 4.98 Å². The number of para-hydroxylation sites is 1. The van der Waals surface area contributed by atoms with Crippen LogP contribution in [0.3, 0.4) is 0 Å². The van der Waals surface area contributed by atoms with Crippen LogP contribution in [0.15, 0.2) is 35.4 Å². The maximum atomic E-state index is 12.3. The zero-order chi connectivity index (χ0) is 15.4. The van der Waals surface area contributed by atoms with Gasteiger partial charge in [-0.15, -0.1) is 0 Å². The molecule has 1 heterocycles. The van der Waals surface area contributed by atoms with Crippen LogP contribution in [0.4, 0.5) is 0 Å². The summed E-state index contributed by atoms with van der Waals surface area (Å²) in [6.07, 6.45) is 1.41. The highest BCUT2D eigenvalue weighted by Gasteiger charge is 2.16. The van der Waals surface area contributed by atoms with Crippen LogP contribution in [0.2, 0.25) is 0 Å². The van der Waals surface area contributed by atoms with Gasteiger partial charge >= 0.3 is 0 Å². The molecule has 6 heteroatoms. The van der Waals surface area contributed by atoms with Gasteiger partial charge in [-0.3, -0.25) is 14.2 Å². The van der Waals surface area contributed by atoms with Crippen molar-refractivity contribution in [3.8, 4) is 0 Å². The number of rotatable bonds is 5. The van der Waals surface area contributed by atoms with Crippen LogP contribution < -0.4 is 5.56 Å². The van der Waals surface area contributed by atoms with Gasteiger partial charge in [0, 0.05) is 14.2 Å². The van der Waals surface area contributed by atoms with E-state index in [0.29, 0.717) is 17.5 Å². The number of hydrogen-bond acceptors (Lipinski definition) is 4. The zero-order valence-electron chi connectivity index (χ0n) is 12.4. The van der Waals surface area contributed by atoms with Gasteiger partial charge in [-0.1, -0.05) is 12.1 Å². The number of ether oxygens (including phenoxy) is 1. The molecule has 0 saturated heterocycles. The van der Waals surface area contributed by atoms with Crippen molar-refractivity contribution < 1.29 is 9.53 Å². The lowest BCUT2D eigenvalue weighted by Gasteiger charge is -2.24. The van der Waals surface area contributed by atoms with E-state index in [1.807, 2.05) is 13.0 Å². The van der Waals surface area contributed by atoms with Gasteiger partial charge < -0.3 is 9.64 Å². The molecule has 0 unspecified atom stereocenters. The topological polar surface area (TPSA) is 64.4 Å². The van der Waals surface area contributed by atoms with Crippen LogP contribution in [0.5, 0.6) is 0 Å². The molecule has 0 fully saturated rings. The van der Waals surface area contributed by atoms with Crippen LogP contribution in [-0.2, 0) is 16.1 Å². The Bertz CT molecular complexity index is 696. The minimum atomic E-state index is -0.207. The molecule has 0 saturated carbocycles. The number of amides is 1. The average Bonchev–Trinajstić information content (AvgIpc) is 2.49. The monoisotopic (exact) mass is 289 g/mol. The van der Waals surface area contributed by atoms with E-state index in [1.54, 1.807) is 37.3 Å². The Morgan fingerprint density at radius 3 is 2.86 bits per heavy atom. The predicted octanol–water partition coefficient (Wildman–Crippen LogP) is 0.890. The molecule has 6 nitrogen and oxygen atoms in total. The van der Waals surface area contributed by atoms with Crippen LogP contribution >= 0.6 is 0 Å². The SMILES string of the molecule is COC[C@@H](C)N(C)C(=O)Cn1cnc2ccccc2c1=O. The molecule has 0 radical (unpaired) electrons. The molecule has 0 spiro atoms. The fourth-order valence-corrected chi connectivity index (χ4v) is 2.07. The molecule has 21 heavy (non-hydrogen) atoms. The predicted molar refractivity (Wildman–Crippen MR) is 80.1 cm³/mol. The van der Waals surface area contributed by atoms with Crippen molar-refractivity contribution in [2.45, 2.75) is 19.5 Å². The summed E-state index contributed by atoms with van der Waals surface area (Å²) in [6.45, 7) is 2.32. The van der Waals surface area contributed by atoms with E-state index in [0.717, 1.165) is 0 Å². The lowest BCUT2D eigenvalue weighted by atomic mass is 10.2. The minimum absolute atomic E-state index is 0.0266. The summed E-state index contributed by atoms with van der Waals surface area (Å²) in [4.78, 5) is 30.3. The number of methoxy groups -OCH3 is 1. The van der Waals surface area contributed by atoms with Crippen molar-refractivity contribution in [1.82, 2.24) is 14.5 Å². The smallest absolute Gasteiger partial charge is 0.261 e. The molecule has 2 rings (SSSR count). The largest absolute Gasteiger partial charge is 0.383 e. The number of hydrogen-bond donors (Lipinski definition) is 0. The van der Waals surface area contributed by atoms with E-state index in [-0.39, 0.29) is 24.1 Å². The van der Waals surface area contributed by atoms with Gasteiger partial charge in [-0.2, -0.15) is 0 Å². The Balaban J connectivity index is 2.22. The fraction of sp³-hybridized carbons (Fsp3) is 0.400. The third kappa shape index (κ3) is 3.28. The minimum Gasteiger partial charge on any atom is -0.383 e. The molecule has 1 aromatic heterocycles. The molecule has 0 N–H and O–H groups in total. The molecule has 112 valence electrons. The first kappa shape index (κ1) is 15.2. The molecule has 1 amide bonds. The molecule has 0 aliphatic heterocycles. The average molecular weight is 289 g/mol. The summed E-state index contributed by atoms with van der Waals surface area (Å²) >= 11 is 0. The molecular formula is C15H19N3O3. The summed E-state index contributed by atoms with van der Waals surface area (Å²) in [5, 5.41) is 0.514. The van der Waals surface area contributed by atoms with Crippen molar-refractivity contribution in [2.75, 3.05) is 20.8 Å². The number of carbonyl (C=O) groups excluding carboxylic acids is 1. The summed E-state index contributed by atoms with van der Waals surface area (Å²) in [5.41, 5.74) is 0.425. The standard InChI is InChI=1S/C15H19N3O3/c1-11(9-21-3)17(2)14(19)8-18-10-16-13-7-5-4-6-12(13)15(18)20/h4-7,10-11H,8-9H2,1-3H3/t11-/m1/s1. The molecule has 1 aromatic carbocycles. The molecule has 1 atom stereocenters. The van der Waals surface area contributed by atoms with Crippen LogP contribution in [0.1, 0.15) is 6.92 Å². The first-order valence-electron chi connectivity index (χ1n) is 6.73. The quantitative estimate of drug-likeness (QED) is 0.820. The Kier molecular flexibility index (Phi) is 4.70. The Labute approximate surface area is 123 Å². The van der Waals surface area contributed by atoms with E-state index in [2.05, 4.69) is 4.98 Å². The van der Waals surface area contributed by atoms with Gasteiger partial charge in [0.05, 0.1) is 29.9 Å². The molecule has 0 bridgehead atoms. The van der Waals surface area contributed by atoms with Gasteiger partial charge in [0.25, 0.3) is 5.56 Å². The van der Waals surface area contributed by atoms with Crippen molar-refractivity contribution in [3.05, 3.63) is 40.9 Å². The van der Waals surface area contributed by atoms with E-state index in [9.17, 15) is 9.59 Å². The normalized spacial score (nSPS) is 12.3. The van der Waals surface area contributed by atoms with E-state index in [1.165, 1.54) is 10.9 Å². The van der Waals surface area contributed by atoms with Crippen LogP contribution in [0.25, 0.3) is 10.9 Å². The highest BCUT2D eigenvalue weighted by atomic mass is 16.5. The van der Waals surface area contributed by atoms with Crippen molar-refractivity contribution in [3.63, 3.8) is 0 Å². The first-order valence-corrected chi connectivity index (χ1v) is 6.73.